The monoisotopic (exact) mass is 146 g/mol. The fourth-order valence-electron chi connectivity index (χ4n) is 0.974. The van der Waals surface area contributed by atoms with E-state index in [1.54, 1.807) is 6.92 Å². The van der Waals surface area contributed by atoms with Gasteiger partial charge in [0.05, 0.1) is 0 Å². The van der Waals surface area contributed by atoms with Crippen LogP contribution in [0.5, 0.6) is 0 Å². The average molecular weight is 146 g/mol. The normalized spacial score (nSPS) is 13.8. The Morgan fingerprint density at radius 1 is 1.10 bits per heavy atom. The van der Waals surface area contributed by atoms with Gasteiger partial charge in [0, 0.05) is 6.42 Å². The van der Waals surface area contributed by atoms with Gasteiger partial charge in [-0.3, -0.25) is 0 Å². The zero-order valence-corrected chi connectivity index (χ0v) is 7.31. The first-order chi connectivity index (χ1) is 4.27. The van der Waals surface area contributed by atoms with Gasteiger partial charge >= 0.3 is 0 Å². The maximum absolute atomic E-state index is 9.21. The van der Waals surface area contributed by atoms with E-state index in [1.807, 2.05) is 20.8 Å². The Balaban J connectivity index is 3.89. The van der Waals surface area contributed by atoms with Crippen molar-refractivity contribution >= 4 is 0 Å². The van der Waals surface area contributed by atoms with Crippen LogP contribution >= 0.6 is 0 Å². The second-order valence-electron chi connectivity index (χ2n) is 4.07. The first-order valence-electron chi connectivity index (χ1n) is 3.71. The van der Waals surface area contributed by atoms with Crippen molar-refractivity contribution in [3.05, 3.63) is 0 Å². The zero-order chi connectivity index (χ0) is 8.41. The summed E-state index contributed by atoms with van der Waals surface area (Å²) in [4.78, 5) is 0. The number of rotatable bonds is 2. The lowest BCUT2D eigenvalue weighted by Gasteiger charge is -2.28. The highest BCUT2D eigenvalue weighted by atomic mass is 16.5. The van der Waals surface area contributed by atoms with Crippen LogP contribution in [0.2, 0.25) is 0 Å². The Hall–Kier alpha value is -0.0800. The lowest BCUT2D eigenvalue weighted by molar-refractivity contribution is -0.181. The Kier molecular flexibility index (Phi) is 2.86. The third-order valence-electron chi connectivity index (χ3n) is 1.38. The Labute approximate surface area is 62.9 Å². The summed E-state index contributed by atoms with van der Waals surface area (Å²) in [6, 6.07) is 0. The van der Waals surface area contributed by atoms with E-state index in [-0.39, 0.29) is 5.41 Å². The molecule has 0 radical (unpaired) electrons. The van der Waals surface area contributed by atoms with Crippen LogP contribution in [-0.2, 0) is 0 Å². The summed E-state index contributed by atoms with van der Waals surface area (Å²) in [5.74, 6) is -1.47. The van der Waals surface area contributed by atoms with E-state index < -0.39 is 5.79 Å². The van der Waals surface area contributed by atoms with E-state index in [0.717, 1.165) is 0 Å². The van der Waals surface area contributed by atoms with Crippen molar-refractivity contribution in [2.75, 3.05) is 0 Å². The molecule has 0 saturated heterocycles. The highest BCUT2D eigenvalue weighted by molar-refractivity contribution is 4.71. The van der Waals surface area contributed by atoms with Crippen molar-refractivity contribution in [3.8, 4) is 0 Å². The second-order valence-corrected chi connectivity index (χ2v) is 4.07. The van der Waals surface area contributed by atoms with Crippen LogP contribution in [0.3, 0.4) is 0 Å². The minimum atomic E-state index is -1.47. The lowest BCUT2D eigenvalue weighted by atomic mass is 9.87. The molecule has 0 saturated carbocycles. The van der Waals surface area contributed by atoms with Crippen LogP contribution in [0.1, 0.15) is 40.5 Å². The first kappa shape index (κ1) is 9.92. The minimum absolute atomic E-state index is 0.0144. The van der Waals surface area contributed by atoms with Gasteiger partial charge in [0.2, 0.25) is 0 Å². The van der Waals surface area contributed by atoms with Gasteiger partial charge in [-0.1, -0.05) is 27.7 Å². The summed E-state index contributed by atoms with van der Waals surface area (Å²) < 4.78 is 0. The first-order valence-corrected chi connectivity index (χ1v) is 3.71. The summed E-state index contributed by atoms with van der Waals surface area (Å²) in [6.07, 6.45) is 0.820. The maximum Gasteiger partial charge on any atom is 0.162 e. The highest BCUT2D eigenvalue weighted by Crippen LogP contribution is 2.27. The quantitative estimate of drug-likeness (QED) is 0.580. The predicted molar refractivity (Wildman–Crippen MR) is 41.5 cm³/mol. The molecule has 2 N–H and O–H groups in total. The Bertz CT molecular complexity index is 100. The third kappa shape index (κ3) is 4.77. The molecule has 0 spiro atoms. The molecule has 0 aliphatic rings. The molecule has 0 aromatic heterocycles. The van der Waals surface area contributed by atoms with Gasteiger partial charge < -0.3 is 10.2 Å². The van der Waals surface area contributed by atoms with Gasteiger partial charge in [-0.15, -0.1) is 0 Å². The van der Waals surface area contributed by atoms with Gasteiger partial charge in [0.15, 0.2) is 5.79 Å². The summed E-state index contributed by atoms with van der Waals surface area (Å²) >= 11 is 0. The molecule has 2 heteroatoms. The van der Waals surface area contributed by atoms with E-state index in [9.17, 15) is 10.2 Å². The standard InChI is InChI=1S/C8H18O2/c1-5-8(9,10)6-7(2,3)4/h9-10H,5-6H2,1-4H3. The molecule has 10 heavy (non-hydrogen) atoms. The molecule has 0 unspecified atom stereocenters. The maximum atomic E-state index is 9.21. The van der Waals surface area contributed by atoms with Gasteiger partial charge in [0.1, 0.15) is 0 Å². The van der Waals surface area contributed by atoms with E-state index >= 15 is 0 Å². The van der Waals surface area contributed by atoms with Crippen molar-refractivity contribution in [3.63, 3.8) is 0 Å². The fourth-order valence-corrected chi connectivity index (χ4v) is 0.974. The van der Waals surface area contributed by atoms with Gasteiger partial charge in [-0.05, 0) is 11.8 Å². The Morgan fingerprint density at radius 3 is 1.60 bits per heavy atom. The average Bonchev–Trinajstić information content (AvgIpc) is 1.60. The summed E-state index contributed by atoms with van der Waals surface area (Å²) in [6.45, 7) is 7.74. The molecule has 0 rings (SSSR count). The number of hydrogen-bond donors (Lipinski definition) is 2. The molecule has 0 aromatic rings. The summed E-state index contributed by atoms with van der Waals surface area (Å²) in [5.41, 5.74) is -0.0144. The van der Waals surface area contributed by atoms with E-state index in [0.29, 0.717) is 12.8 Å². The largest absolute Gasteiger partial charge is 0.366 e. The number of hydrogen-bond acceptors (Lipinski definition) is 2. The molecule has 0 fully saturated rings. The molecule has 0 atom stereocenters. The SMILES string of the molecule is CCC(O)(O)CC(C)(C)C. The zero-order valence-electron chi connectivity index (χ0n) is 7.31. The Morgan fingerprint density at radius 2 is 1.50 bits per heavy atom. The predicted octanol–water partition coefficient (Wildman–Crippen LogP) is 1.51. The molecular formula is C8H18O2. The molecule has 0 bridgehead atoms. The molecule has 62 valence electrons. The van der Waals surface area contributed by atoms with E-state index in [1.165, 1.54) is 0 Å². The topological polar surface area (TPSA) is 40.5 Å². The third-order valence-corrected chi connectivity index (χ3v) is 1.38. The van der Waals surface area contributed by atoms with Crippen molar-refractivity contribution in [1.82, 2.24) is 0 Å². The summed E-state index contributed by atoms with van der Waals surface area (Å²) in [5, 5.41) is 18.4. The minimum Gasteiger partial charge on any atom is -0.366 e. The van der Waals surface area contributed by atoms with Crippen LogP contribution in [0.15, 0.2) is 0 Å². The van der Waals surface area contributed by atoms with Crippen LogP contribution in [0, 0.1) is 5.41 Å². The van der Waals surface area contributed by atoms with Gasteiger partial charge in [-0.2, -0.15) is 0 Å². The molecule has 0 heterocycles. The van der Waals surface area contributed by atoms with Crippen LogP contribution < -0.4 is 0 Å². The molecular weight excluding hydrogens is 128 g/mol. The fraction of sp³-hybridized carbons (Fsp3) is 1.00. The van der Waals surface area contributed by atoms with E-state index in [2.05, 4.69) is 0 Å². The lowest BCUT2D eigenvalue weighted by Crippen LogP contribution is -2.32. The molecule has 0 aromatic carbocycles. The molecule has 0 aliphatic carbocycles. The molecule has 2 nitrogen and oxygen atoms in total. The van der Waals surface area contributed by atoms with Crippen molar-refractivity contribution < 1.29 is 10.2 Å². The van der Waals surface area contributed by atoms with E-state index in [4.69, 9.17) is 0 Å². The van der Waals surface area contributed by atoms with Crippen molar-refractivity contribution in [1.29, 1.82) is 0 Å². The molecule has 0 aliphatic heterocycles. The van der Waals surface area contributed by atoms with Crippen molar-refractivity contribution in [2.24, 2.45) is 5.41 Å². The van der Waals surface area contributed by atoms with Gasteiger partial charge in [-0.25, -0.2) is 0 Å². The highest BCUT2D eigenvalue weighted by Gasteiger charge is 2.27. The molecule has 0 amide bonds. The second kappa shape index (κ2) is 2.89. The van der Waals surface area contributed by atoms with Crippen molar-refractivity contribution in [2.45, 2.75) is 46.3 Å². The van der Waals surface area contributed by atoms with Gasteiger partial charge in [0.25, 0.3) is 0 Å². The number of aliphatic hydroxyl groups is 2. The van der Waals surface area contributed by atoms with Crippen LogP contribution in [-0.4, -0.2) is 16.0 Å². The summed E-state index contributed by atoms with van der Waals surface area (Å²) in [7, 11) is 0. The van der Waals surface area contributed by atoms with Crippen LogP contribution in [0.25, 0.3) is 0 Å². The smallest absolute Gasteiger partial charge is 0.162 e. The van der Waals surface area contributed by atoms with Crippen LogP contribution in [0.4, 0.5) is 0 Å².